The molecule has 0 radical (unpaired) electrons. The van der Waals surface area contributed by atoms with Crippen LogP contribution >= 0.6 is 0 Å². The topological polar surface area (TPSA) is 81.7 Å². The molecule has 2 aromatic rings. The number of rotatable bonds is 7. The van der Waals surface area contributed by atoms with Gasteiger partial charge in [-0.2, -0.15) is 0 Å². The number of esters is 1. The van der Waals surface area contributed by atoms with Crippen molar-refractivity contribution in [2.75, 3.05) is 19.0 Å². The zero-order valence-electron chi connectivity index (χ0n) is 14.1. The fraction of sp³-hybridized carbons (Fsp3) is 0.211. The third-order valence-electron chi connectivity index (χ3n) is 3.47. The number of hydrogen-bond acceptors (Lipinski definition) is 5. The third kappa shape index (κ3) is 5.17. The summed E-state index contributed by atoms with van der Waals surface area (Å²) in [7, 11) is 1.28. The lowest BCUT2D eigenvalue weighted by atomic mass is 10.1. The van der Waals surface area contributed by atoms with Crippen molar-refractivity contribution in [2.24, 2.45) is 0 Å². The fourth-order valence-corrected chi connectivity index (χ4v) is 2.14. The predicted molar refractivity (Wildman–Crippen MR) is 93.0 cm³/mol. The van der Waals surface area contributed by atoms with E-state index in [1.54, 1.807) is 48.5 Å². The number of nitrogens with one attached hydrogen (secondary N) is 1. The van der Waals surface area contributed by atoms with E-state index in [4.69, 9.17) is 4.74 Å². The Morgan fingerprint density at radius 1 is 1.00 bits per heavy atom. The SMILES string of the molecule is COC(=O)c1ccccc1NC(=O)CCOc1ccc(C(C)=O)cc1. The second-order valence-corrected chi connectivity index (χ2v) is 5.26. The summed E-state index contributed by atoms with van der Waals surface area (Å²) in [6.45, 7) is 1.66. The van der Waals surface area contributed by atoms with E-state index < -0.39 is 5.97 Å². The summed E-state index contributed by atoms with van der Waals surface area (Å²) in [6.07, 6.45) is 0.115. The number of para-hydroxylation sites is 1. The number of anilines is 1. The van der Waals surface area contributed by atoms with Crippen LogP contribution in [-0.2, 0) is 9.53 Å². The van der Waals surface area contributed by atoms with Crippen LogP contribution in [0.15, 0.2) is 48.5 Å². The largest absolute Gasteiger partial charge is 0.493 e. The summed E-state index contributed by atoms with van der Waals surface area (Å²) in [4.78, 5) is 34.9. The summed E-state index contributed by atoms with van der Waals surface area (Å²) >= 11 is 0. The summed E-state index contributed by atoms with van der Waals surface area (Å²) in [5.41, 5.74) is 1.29. The maximum absolute atomic E-state index is 12.0. The van der Waals surface area contributed by atoms with Crippen molar-refractivity contribution >= 4 is 23.3 Å². The van der Waals surface area contributed by atoms with E-state index in [0.29, 0.717) is 22.6 Å². The zero-order valence-corrected chi connectivity index (χ0v) is 14.1. The van der Waals surface area contributed by atoms with Crippen LogP contribution in [0.25, 0.3) is 0 Å². The molecule has 25 heavy (non-hydrogen) atoms. The van der Waals surface area contributed by atoms with Crippen molar-refractivity contribution in [1.29, 1.82) is 0 Å². The van der Waals surface area contributed by atoms with E-state index in [1.807, 2.05) is 0 Å². The molecule has 0 spiro atoms. The maximum atomic E-state index is 12.0. The summed E-state index contributed by atoms with van der Waals surface area (Å²) in [5.74, 6) is -0.239. The van der Waals surface area contributed by atoms with Gasteiger partial charge >= 0.3 is 5.97 Å². The Kier molecular flexibility index (Phi) is 6.28. The van der Waals surface area contributed by atoms with Crippen molar-refractivity contribution in [3.63, 3.8) is 0 Å². The molecule has 0 aromatic heterocycles. The monoisotopic (exact) mass is 341 g/mol. The molecule has 0 heterocycles. The third-order valence-corrected chi connectivity index (χ3v) is 3.47. The molecule has 0 aliphatic heterocycles. The van der Waals surface area contributed by atoms with E-state index in [9.17, 15) is 14.4 Å². The molecule has 0 saturated heterocycles. The lowest BCUT2D eigenvalue weighted by Gasteiger charge is -2.10. The Morgan fingerprint density at radius 2 is 1.68 bits per heavy atom. The molecule has 2 rings (SSSR count). The molecule has 0 bridgehead atoms. The second kappa shape index (κ2) is 8.63. The molecule has 2 aromatic carbocycles. The van der Waals surface area contributed by atoms with Crippen molar-refractivity contribution in [2.45, 2.75) is 13.3 Å². The van der Waals surface area contributed by atoms with Gasteiger partial charge in [-0.1, -0.05) is 12.1 Å². The number of ether oxygens (including phenoxy) is 2. The van der Waals surface area contributed by atoms with E-state index in [-0.39, 0.29) is 24.7 Å². The normalized spacial score (nSPS) is 10.0. The van der Waals surface area contributed by atoms with Crippen LogP contribution in [-0.4, -0.2) is 31.4 Å². The molecule has 1 N–H and O–H groups in total. The highest BCUT2D eigenvalue weighted by Gasteiger charge is 2.13. The molecule has 6 heteroatoms. The molecule has 1 amide bonds. The van der Waals surface area contributed by atoms with Gasteiger partial charge in [0.2, 0.25) is 5.91 Å². The van der Waals surface area contributed by atoms with Gasteiger partial charge in [0, 0.05) is 5.56 Å². The average molecular weight is 341 g/mol. The van der Waals surface area contributed by atoms with Crippen LogP contribution in [0.4, 0.5) is 5.69 Å². The Morgan fingerprint density at radius 3 is 2.32 bits per heavy atom. The second-order valence-electron chi connectivity index (χ2n) is 5.26. The van der Waals surface area contributed by atoms with Gasteiger partial charge in [-0.05, 0) is 43.3 Å². The molecule has 0 unspecified atom stereocenters. The first kappa shape index (κ1) is 18.2. The average Bonchev–Trinajstić information content (AvgIpc) is 2.62. The molecular formula is C19H19NO5. The zero-order chi connectivity index (χ0) is 18.2. The number of methoxy groups -OCH3 is 1. The molecule has 0 aliphatic carbocycles. The van der Waals surface area contributed by atoms with Gasteiger partial charge < -0.3 is 14.8 Å². The molecular weight excluding hydrogens is 322 g/mol. The smallest absolute Gasteiger partial charge is 0.339 e. The van der Waals surface area contributed by atoms with Crippen LogP contribution in [0.3, 0.4) is 0 Å². The minimum atomic E-state index is -0.516. The minimum Gasteiger partial charge on any atom is -0.493 e. The minimum absolute atomic E-state index is 0.0183. The Labute approximate surface area is 145 Å². The van der Waals surface area contributed by atoms with Gasteiger partial charge in [0.15, 0.2) is 5.78 Å². The van der Waals surface area contributed by atoms with Crippen molar-refractivity contribution in [3.05, 3.63) is 59.7 Å². The Balaban J connectivity index is 1.87. The van der Waals surface area contributed by atoms with Crippen LogP contribution < -0.4 is 10.1 Å². The molecule has 6 nitrogen and oxygen atoms in total. The van der Waals surface area contributed by atoms with E-state index in [1.165, 1.54) is 14.0 Å². The number of Topliss-reactive ketones (excluding diaryl/α,β-unsaturated/α-hetero) is 1. The molecule has 0 fully saturated rings. The first-order valence-electron chi connectivity index (χ1n) is 7.72. The summed E-state index contributed by atoms with van der Waals surface area (Å²) in [6, 6.07) is 13.3. The fourth-order valence-electron chi connectivity index (χ4n) is 2.14. The van der Waals surface area contributed by atoms with Gasteiger partial charge in [-0.3, -0.25) is 9.59 Å². The van der Waals surface area contributed by atoms with Gasteiger partial charge in [0.05, 0.1) is 31.4 Å². The first-order valence-corrected chi connectivity index (χ1v) is 7.72. The van der Waals surface area contributed by atoms with Crippen LogP contribution in [0.2, 0.25) is 0 Å². The number of benzene rings is 2. The van der Waals surface area contributed by atoms with Crippen LogP contribution in [0.5, 0.6) is 5.75 Å². The summed E-state index contributed by atoms with van der Waals surface area (Å²) in [5, 5.41) is 2.67. The standard InChI is InChI=1S/C19H19NO5/c1-13(21)14-7-9-15(10-8-14)25-12-11-18(22)20-17-6-4-3-5-16(17)19(23)24-2/h3-10H,11-12H2,1-2H3,(H,20,22). The first-order chi connectivity index (χ1) is 12.0. The lowest BCUT2D eigenvalue weighted by Crippen LogP contribution is -2.17. The predicted octanol–water partition coefficient (Wildman–Crippen LogP) is 3.08. The van der Waals surface area contributed by atoms with E-state index >= 15 is 0 Å². The van der Waals surface area contributed by atoms with Crippen molar-refractivity contribution < 1.29 is 23.9 Å². The summed E-state index contributed by atoms with van der Waals surface area (Å²) < 4.78 is 10.2. The number of ketones is 1. The van der Waals surface area contributed by atoms with Crippen LogP contribution in [0.1, 0.15) is 34.1 Å². The molecule has 0 atom stereocenters. The Hall–Kier alpha value is -3.15. The van der Waals surface area contributed by atoms with Crippen LogP contribution in [0, 0.1) is 0 Å². The van der Waals surface area contributed by atoms with Crippen molar-refractivity contribution in [3.8, 4) is 5.75 Å². The number of amides is 1. The van der Waals surface area contributed by atoms with E-state index in [0.717, 1.165) is 0 Å². The molecule has 0 aliphatic rings. The van der Waals surface area contributed by atoms with Gasteiger partial charge in [0.1, 0.15) is 5.75 Å². The number of carbonyl (C=O) groups excluding carboxylic acids is 3. The van der Waals surface area contributed by atoms with Gasteiger partial charge in [-0.15, -0.1) is 0 Å². The quantitative estimate of drug-likeness (QED) is 0.618. The highest BCUT2D eigenvalue weighted by molar-refractivity contribution is 6.01. The van der Waals surface area contributed by atoms with Gasteiger partial charge in [0.25, 0.3) is 0 Å². The molecule has 0 saturated carbocycles. The number of carbonyl (C=O) groups is 3. The van der Waals surface area contributed by atoms with Gasteiger partial charge in [-0.25, -0.2) is 4.79 Å². The Bertz CT molecular complexity index is 768. The number of hydrogen-bond donors (Lipinski definition) is 1. The van der Waals surface area contributed by atoms with Crippen molar-refractivity contribution in [1.82, 2.24) is 0 Å². The lowest BCUT2D eigenvalue weighted by molar-refractivity contribution is -0.116. The molecule has 130 valence electrons. The highest BCUT2D eigenvalue weighted by Crippen LogP contribution is 2.17. The van der Waals surface area contributed by atoms with E-state index in [2.05, 4.69) is 10.1 Å². The highest BCUT2D eigenvalue weighted by atomic mass is 16.5. The maximum Gasteiger partial charge on any atom is 0.339 e.